The summed E-state index contributed by atoms with van der Waals surface area (Å²) in [4.78, 5) is 20.8. The van der Waals surface area contributed by atoms with Gasteiger partial charge in [0.2, 0.25) is 5.91 Å². The van der Waals surface area contributed by atoms with Crippen LogP contribution < -0.4 is 5.32 Å². The minimum Gasteiger partial charge on any atom is -0.301 e. The Bertz CT molecular complexity index is 860. The van der Waals surface area contributed by atoms with Gasteiger partial charge in [-0.1, -0.05) is 17.8 Å². The first-order valence-corrected chi connectivity index (χ1v) is 9.10. The molecule has 0 aliphatic carbocycles. The molecule has 0 aliphatic heterocycles. The van der Waals surface area contributed by atoms with Crippen molar-refractivity contribution < 1.29 is 4.79 Å². The number of amides is 1. The van der Waals surface area contributed by atoms with E-state index in [1.54, 1.807) is 6.20 Å². The molecule has 0 fully saturated rings. The monoisotopic (exact) mass is 343 g/mol. The van der Waals surface area contributed by atoms with Crippen molar-refractivity contribution in [2.75, 3.05) is 11.1 Å². The molecule has 0 saturated heterocycles. The number of nitrogens with zero attached hydrogens (tertiary/aromatic N) is 2. The van der Waals surface area contributed by atoms with Gasteiger partial charge in [-0.15, -0.1) is 11.3 Å². The Labute approximate surface area is 143 Å². The van der Waals surface area contributed by atoms with Crippen LogP contribution in [0.4, 0.5) is 5.13 Å². The van der Waals surface area contributed by atoms with Crippen molar-refractivity contribution in [3.05, 3.63) is 46.5 Å². The second-order valence-electron chi connectivity index (χ2n) is 5.43. The zero-order valence-corrected chi connectivity index (χ0v) is 14.8. The summed E-state index contributed by atoms with van der Waals surface area (Å²) in [5.41, 5.74) is 4.50. The highest BCUT2D eigenvalue weighted by atomic mass is 32.2. The Morgan fingerprint density at radius 2 is 2.04 bits per heavy atom. The summed E-state index contributed by atoms with van der Waals surface area (Å²) in [6.45, 7) is 6.21. The Hall–Kier alpha value is -1.92. The molecule has 1 N–H and O–H groups in total. The van der Waals surface area contributed by atoms with Gasteiger partial charge >= 0.3 is 0 Å². The maximum atomic E-state index is 12.0. The van der Waals surface area contributed by atoms with Gasteiger partial charge < -0.3 is 5.32 Å². The number of aryl methyl sites for hydroxylation is 3. The van der Waals surface area contributed by atoms with Gasteiger partial charge in [0.15, 0.2) is 5.13 Å². The van der Waals surface area contributed by atoms with Crippen molar-refractivity contribution in [1.82, 2.24) is 9.97 Å². The lowest BCUT2D eigenvalue weighted by Crippen LogP contribution is -2.14. The lowest BCUT2D eigenvalue weighted by Gasteiger charge is -2.09. The van der Waals surface area contributed by atoms with Crippen molar-refractivity contribution in [3.63, 3.8) is 0 Å². The maximum absolute atomic E-state index is 12.0. The van der Waals surface area contributed by atoms with E-state index in [9.17, 15) is 4.79 Å². The van der Waals surface area contributed by atoms with Crippen molar-refractivity contribution in [2.45, 2.75) is 25.8 Å². The summed E-state index contributed by atoms with van der Waals surface area (Å²) in [5, 5.41) is 7.32. The summed E-state index contributed by atoms with van der Waals surface area (Å²) in [7, 11) is 0. The minimum atomic E-state index is -0.0633. The van der Waals surface area contributed by atoms with E-state index in [1.807, 2.05) is 12.3 Å². The highest BCUT2D eigenvalue weighted by Crippen LogP contribution is 2.27. The smallest absolute Gasteiger partial charge is 0.236 e. The molecule has 6 heteroatoms. The molecule has 118 valence electrons. The van der Waals surface area contributed by atoms with E-state index in [4.69, 9.17) is 4.98 Å². The normalized spacial score (nSPS) is 10.9. The highest BCUT2D eigenvalue weighted by Gasteiger charge is 2.10. The van der Waals surface area contributed by atoms with E-state index in [0.29, 0.717) is 10.9 Å². The number of carbonyl (C=O) groups excluding carboxylic acids is 1. The topological polar surface area (TPSA) is 54.9 Å². The molecular weight excluding hydrogens is 326 g/mol. The molecule has 0 bridgehead atoms. The van der Waals surface area contributed by atoms with Crippen LogP contribution in [0.15, 0.2) is 34.8 Å². The standard InChI is InChI=1S/C17H17N3OS2/c1-10-6-11(2)13-8-12(3)16(19-14(13)7-10)23-9-15(21)20-17-18-4-5-22-17/h4-8H,9H2,1-3H3,(H,18,20,21). The first-order valence-electron chi connectivity index (χ1n) is 7.23. The van der Waals surface area contributed by atoms with Crippen LogP contribution in [0.1, 0.15) is 16.7 Å². The summed E-state index contributed by atoms with van der Waals surface area (Å²) >= 11 is 2.87. The van der Waals surface area contributed by atoms with E-state index in [1.165, 1.54) is 39.6 Å². The fourth-order valence-corrected chi connectivity index (χ4v) is 3.77. The second kappa shape index (κ2) is 6.68. The molecule has 0 unspecified atom stereocenters. The van der Waals surface area contributed by atoms with Crippen LogP contribution in [0.25, 0.3) is 10.9 Å². The zero-order valence-electron chi connectivity index (χ0n) is 13.2. The van der Waals surface area contributed by atoms with Gasteiger partial charge in [0, 0.05) is 17.0 Å². The van der Waals surface area contributed by atoms with Gasteiger partial charge in [-0.3, -0.25) is 4.79 Å². The molecule has 0 spiro atoms. The first-order chi connectivity index (χ1) is 11.0. The molecular formula is C17H17N3OS2. The molecule has 0 aliphatic rings. The van der Waals surface area contributed by atoms with Crippen molar-refractivity contribution in [1.29, 1.82) is 0 Å². The largest absolute Gasteiger partial charge is 0.301 e. The number of thioether (sulfide) groups is 1. The lowest BCUT2D eigenvalue weighted by molar-refractivity contribution is -0.113. The van der Waals surface area contributed by atoms with E-state index < -0.39 is 0 Å². The summed E-state index contributed by atoms with van der Waals surface area (Å²) in [6, 6.07) is 6.40. The third-order valence-electron chi connectivity index (χ3n) is 3.45. The van der Waals surface area contributed by atoms with Gasteiger partial charge in [0.1, 0.15) is 5.03 Å². The second-order valence-corrected chi connectivity index (χ2v) is 7.29. The Balaban J connectivity index is 1.77. The average molecular weight is 343 g/mol. The Morgan fingerprint density at radius 1 is 1.22 bits per heavy atom. The Kier molecular flexibility index (Phi) is 4.63. The number of carbonyl (C=O) groups is 1. The Morgan fingerprint density at radius 3 is 2.78 bits per heavy atom. The summed E-state index contributed by atoms with van der Waals surface area (Å²) < 4.78 is 0. The third kappa shape index (κ3) is 3.71. The number of pyridine rings is 1. The van der Waals surface area contributed by atoms with Gasteiger partial charge in [-0.2, -0.15) is 0 Å². The fraction of sp³-hybridized carbons (Fsp3) is 0.235. The van der Waals surface area contributed by atoms with Gasteiger partial charge in [0.25, 0.3) is 0 Å². The summed E-state index contributed by atoms with van der Waals surface area (Å²) in [6.07, 6.45) is 1.67. The third-order valence-corrected chi connectivity index (χ3v) is 5.23. The molecule has 2 aromatic heterocycles. The van der Waals surface area contributed by atoms with Crippen LogP contribution in [-0.2, 0) is 4.79 Å². The van der Waals surface area contributed by atoms with Gasteiger partial charge in [-0.05, 0) is 49.6 Å². The molecule has 2 heterocycles. The van der Waals surface area contributed by atoms with E-state index in [2.05, 4.69) is 42.3 Å². The molecule has 0 atom stereocenters. The molecule has 0 radical (unpaired) electrons. The van der Waals surface area contributed by atoms with Crippen LogP contribution >= 0.6 is 23.1 Å². The predicted molar refractivity (Wildman–Crippen MR) is 97.4 cm³/mol. The number of aromatic nitrogens is 2. The van der Waals surface area contributed by atoms with E-state index in [-0.39, 0.29) is 5.91 Å². The molecule has 3 aromatic rings. The average Bonchev–Trinajstić information content (AvgIpc) is 2.99. The number of nitrogens with one attached hydrogen (secondary N) is 1. The van der Waals surface area contributed by atoms with Gasteiger partial charge in [0.05, 0.1) is 11.3 Å². The fourth-order valence-electron chi connectivity index (χ4n) is 2.43. The quantitative estimate of drug-likeness (QED) is 0.716. The molecule has 4 nitrogen and oxygen atoms in total. The van der Waals surface area contributed by atoms with Crippen LogP contribution in [-0.4, -0.2) is 21.6 Å². The van der Waals surface area contributed by atoms with Crippen LogP contribution in [0.3, 0.4) is 0 Å². The van der Waals surface area contributed by atoms with Crippen LogP contribution in [0, 0.1) is 20.8 Å². The van der Waals surface area contributed by atoms with Crippen LogP contribution in [0.2, 0.25) is 0 Å². The van der Waals surface area contributed by atoms with Crippen molar-refractivity contribution >= 4 is 45.0 Å². The van der Waals surface area contributed by atoms with Crippen molar-refractivity contribution in [2.24, 2.45) is 0 Å². The predicted octanol–water partition coefficient (Wildman–Crippen LogP) is 4.35. The number of hydrogen-bond donors (Lipinski definition) is 1. The van der Waals surface area contributed by atoms with Crippen LogP contribution in [0.5, 0.6) is 0 Å². The molecule has 1 aromatic carbocycles. The first kappa shape index (κ1) is 16.0. The number of rotatable bonds is 4. The van der Waals surface area contributed by atoms with E-state index in [0.717, 1.165) is 16.1 Å². The molecule has 3 rings (SSSR count). The highest BCUT2D eigenvalue weighted by molar-refractivity contribution is 8.00. The number of fused-ring (bicyclic) bond motifs is 1. The molecule has 0 saturated carbocycles. The SMILES string of the molecule is Cc1cc(C)c2cc(C)c(SCC(=O)Nc3nccs3)nc2c1. The minimum absolute atomic E-state index is 0.0633. The zero-order chi connectivity index (χ0) is 16.4. The van der Waals surface area contributed by atoms with Crippen molar-refractivity contribution in [3.8, 4) is 0 Å². The lowest BCUT2D eigenvalue weighted by atomic mass is 10.1. The van der Waals surface area contributed by atoms with Gasteiger partial charge in [-0.25, -0.2) is 9.97 Å². The number of benzene rings is 1. The molecule has 23 heavy (non-hydrogen) atoms. The summed E-state index contributed by atoms with van der Waals surface area (Å²) in [5.74, 6) is 0.260. The van der Waals surface area contributed by atoms with E-state index >= 15 is 0 Å². The number of anilines is 1. The number of hydrogen-bond acceptors (Lipinski definition) is 5. The maximum Gasteiger partial charge on any atom is 0.236 e. The molecule has 1 amide bonds. The number of thiazole rings is 1.